The number of aliphatic hydroxyl groups is 1. The van der Waals surface area contributed by atoms with Gasteiger partial charge in [0, 0.05) is 18.6 Å². The number of urea groups is 1. The lowest BCUT2D eigenvalue weighted by Gasteiger charge is -2.22. The summed E-state index contributed by atoms with van der Waals surface area (Å²) >= 11 is 0. The fourth-order valence-electron chi connectivity index (χ4n) is 2.95. The van der Waals surface area contributed by atoms with E-state index < -0.39 is 0 Å². The summed E-state index contributed by atoms with van der Waals surface area (Å²) < 4.78 is 5.30. The van der Waals surface area contributed by atoms with Crippen molar-refractivity contribution in [3.8, 4) is 0 Å². The first-order valence-corrected chi connectivity index (χ1v) is 8.52. The maximum atomic E-state index is 12.1. The van der Waals surface area contributed by atoms with Crippen molar-refractivity contribution in [2.75, 3.05) is 6.61 Å². The molecule has 2 amide bonds. The van der Waals surface area contributed by atoms with Crippen molar-refractivity contribution >= 4 is 6.03 Å². The van der Waals surface area contributed by atoms with E-state index in [0.29, 0.717) is 18.2 Å². The second-order valence-corrected chi connectivity index (χ2v) is 6.67. The molecule has 0 bridgehead atoms. The molecule has 1 aliphatic rings. The third-order valence-electron chi connectivity index (χ3n) is 4.46. The molecular formula is C16H28N4O3. The molecule has 2 rings (SSSR count). The molecule has 2 unspecified atom stereocenters. The van der Waals surface area contributed by atoms with E-state index in [1.807, 2.05) is 20.8 Å². The molecular weight excluding hydrogens is 296 g/mol. The summed E-state index contributed by atoms with van der Waals surface area (Å²) in [5, 5.41) is 18.8. The van der Waals surface area contributed by atoms with Crippen LogP contribution < -0.4 is 10.6 Å². The van der Waals surface area contributed by atoms with Gasteiger partial charge in [0.15, 0.2) is 5.82 Å². The molecule has 130 valence electrons. The first-order valence-electron chi connectivity index (χ1n) is 8.52. The van der Waals surface area contributed by atoms with Crippen LogP contribution in [0.5, 0.6) is 0 Å². The van der Waals surface area contributed by atoms with Gasteiger partial charge in [0.1, 0.15) is 6.04 Å². The van der Waals surface area contributed by atoms with Crippen molar-refractivity contribution in [2.24, 2.45) is 5.92 Å². The van der Waals surface area contributed by atoms with E-state index in [2.05, 4.69) is 20.8 Å². The highest BCUT2D eigenvalue weighted by Crippen LogP contribution is 2.32. The van der Waals surface area contributed by atoms with Gasteiger partial charge >= 0.3 is 6.03 Å². The summed E-state index contributed by atoms with van der Waals surface area (Å²) in [4.78, 5) is 16.5. The number of rotatable bonds is 7. The number of carbonyl (C=O) groups excluding carboxylic acids is 1. The van der Waals surface area contributed by atoms with Crippen LogP contribution in [0.4, 0.5) is 4.79 Å². The van der Waals surface area contributed by atoms with E-state index >= 15 is 0 Å². The minimum Gasteiger partial charge on any atom is -0.396 e. The number of nitrogens with zero attached hydrogens (tertiary/aromatic N) is 2. The molecule has 0 saturated heterocycles. The zero-order valence-corrected chi connectivity index (χ0v) is 14.2. The zero-order chi connectivity index (χ0) is 16.8. The van der Waals surface area contributed by atoms with Crippen molar-refractivity contribution in [3.63, 3.8) is 0 Å². The van der Waals surface area contributed by atoms with Crippen molar-refractivity contribution < 1.29 is 14.4 Å². The van der Waals surface area contributed by atoms with Gasteiger partial charge in [-0.05, 0) is 32.1 Å². The van der Waals surface area contributed by atoms with Crippen LogP contribution >= 0.6 is 0 Å². The maximum Gasteiger partial charge on any atom is 0.315 e. The lowest BCUT2D eigenvalue weighted by Crippen LogP contribution is -2.45. The molecule has 0 spiro atoms. The van der Waals surface area contributed by atoms with E-state index in [9.17, 15) is 4.79 Å². The predicted octanol–water partition coefficient (Wildman–Crippen LogP) is 2.49. The first kappa shape index (κ1) is 17.7. The van der Waals surface area contributed by atoms with E-state index in [-0.39, 0.29) is 30.6 Å². The number of hydrogen-bond acceptors (Lipinski definition) is 5. The Morgan fingerprint density at radius 2 is 2.00 bits per heavy atom. The number of nitrogens with one attached hydrogen (secondary N) is 2. The van der Waals surface area contributed by atoms with Crippen molar-refractivity contribution in [3.05, 3.63) is 11.7 Å². The third kappa shape index (κ3) is 4.92. The summed E-state index contributed by atoms with van der Waals surface area (Å²) in [6.07, 6.45) is 5.18. The number of aromatic nitrogens is 2. The standard InChI is InChI=1S/C16H28N4O3/c1-10(2)13(8-9-21)18-16(22)17-11(3)15-19-14(20-23-15)12-6-4-5-7-12/h10-13,21H,4-9H2,1-3H3,(H2,17,18,22). The third-order valence-corrected chi connectivity index (χ3v) is 4.46. The van der Waals surface area contributed by atoms with Crippen LogP contribution in [-0.4, -0.2) is 33.9 Å². The van der Waals surface area contributed by atoms with E-state index in [4.69, 9.17) is 9.63 Å². The minimum atomic E-state index is -0.348. The van der Waals surface area contributed by atoms with Gasteiger partial charge in [-0.1, -0.05) is 31.8 Å². The summed E-state index contributed by atoms with van der Waals surface area (Å²) in [6, 6.07) is -0.700. The Bertz CT molecular complexity index is 497. The summed E-state index contributed by atoms with van der Waals surface area (Å²) in [5.74, 6) is 1.83. The Balaban J connectivity index is 1.87. The average molecular weight is 324 g/mol. The highest BCUT2D eigenvalue weighted by molar-refractivity contribution is 5.74. The van der Waals surface area contributed by atoms with Gasteiger partial charge in [0.25, 0.3) is 0 Å². The lowest BCUT2D eigenvalue weighted by molar-refractivity contribution is 0.214. The highest BCUT2D eigenvalue weighted by atomic mass is 16.5. The van der Waals surface area contributed by atoms with Crippen LogP contribution in [0.1, 0.15) is 76.6 Å². The molecule has 7 nitrogen and oxygen atoms in total. The van der Waals surface area contributed by atoms with Crippen molar-refractivity contribution in [1.82, 2.24) is 20.8 Å². The molecule has 3 N–H and O–H groups in total. The second-order valence-electron chi connectivity index (χ2n) is 6.67. The van der Waals surface area contributed by atoms with Gasteiger partial charge in [0.05, 0.1) is 0 Å². The molecule has 1 heterocycles. The Hall–Kier alpha value is -1.63. The van der Waals surface area contributed by atoms with Gasteiger partial charge in [0.2, 0.25) is 5.89 Å². The fraction of sp³-hybridized carbons (Fsp3) is 0.812. The molecule has 0 aromatic carbocycles. The number of amides is 2. The largest absolute Gasteiger partial charge is 0.396 e. The van der Waals surface area contributed by atoms with Gasteiger partial charge in [-0.2, -0.15) is 4.98 Å². The smallest absolute Gasteiger partial charge is 0.315 e. The van der Waals surface area contributed by atoms with E-state index in [1.165, 1.54) is 12.8 Å². The van der Waals surface area contributed by atoms with Gasteiger partial charge in [-0.15, -0.1) is 0 Å². The van der Waals surface area contributed by atoms with Crippen LogP contribution in [0, 0.1) is 5.92 Å². The van der Waals surface area contributed by atoms with Gasteiger partial charge in [-0.3, -0.25) is 0 Å². The molecule has 2 atom stereocenters. The topological polar surface area (TPSA) is 100 Å². The molecule has 0 aliphatic heterocycles. The van der Waals surface area contributed by atoms with Crippen molar-refractivity contribution in [2.45, 2.75) is 70.9 Å². The number of aliphatic hydroxyl groups excluding tert-OH is 1. The molecule has 23 heavy (non-hydrogen) atoms. The van der Waals surface area contributed by atoms with Gasteiger partial charge < -0.3 is 20.3 Å². The molecule has 0 radical (unpaired) electrons. The number of carbonyl (C=O) groups is 1. The molecule has 1 saturated carbocycles. The molecule has 1 aromatic heterocycles. The van der Waals surface area contributed by atoms with Gasteiger partial charge in [-0.25, -0.2) is 4.79 Å². The zero-order valence-electron chi connectivity index (χ0n) is 14.2. The normalized spacial score (nSPS) is 18.1. The van der Waals surface area contributed by atoms with Crippen molar-refractivity contribution in [1.29, 1.82) is 0 Å². The van der Waals surface area contributed by atoms with Crippen LogP contribution in [0.25, 0.3) is 0 Å². The predicted molar refractivity (Wildman–Crippen MR) is 85.9 cm³/mol. The Morgan fingerprint density at radius 1 is 1.30 bits per heavy atom. The van der Waals surface area contributed by atoms with Crippen LogP contribution in [0.3, 0.4) is 0 Å². The second kappa shape index (κ2) is 8.29. The average Bonchev–Trinajstić information content (AvgIpc) is 3.17. The molecule has 1 fully saturated rings. The molecule has 1 aliphatic carbocycles. The maximum absolute atomic E-state index is 12.1. The monoisotopic (exact) mass is 324 g/mol. The quantitative estimate of drug-likeness (QED) is 0.715. The Labute approximate surface area is 137 Å². The molecule has 1 aromatic rings. The summed E-state index contributed by atoms with van der Waals surface area (Å²) in [5.41, 5.74) is 0. The fourth-order valence-corrected chi connectivity index (χ4v) is 2.95. The Kier molecular flexibility index (Phi) is 6.38. The lowest BCUT2D eigenvalue weighted by atomic mass is 10.0. The van der Waals surface area contributed by atoms with Crippen LogP contribution in [0.2, 0.25) is 0 Å². The highest BCUT2D eigenvalue weighted by Gasteiger charge is 2.25. The molecule has 7 heteroatoms. The van der Waals surface area contributed by atoms with E-state index in [0.717, 1.165) is 18.7 Å². The first-order chi connectivity index (χ1) is 11.0. The Morgan fingerprint density at radius 3 is 2.61 bits per heavy atom. The minimum absolute atomic E-state index is 0.0487. The van der Waals surface area contributed by atoms with Crippen LogP contribution in [-0.2, 0) is 0 Å². The summed E-state index contributed by atoms with van der Waals surface area (Å²) in [7, 11) is 0. The van der Waals surface area contributed by atoms with E-state index in [1.54, 1.807) is 0 Å². The SMILES string of the molecule is CC(NC(=O)NC(CCO)C(C)C)c1nc(C2CCCC2)no1. The number of hydrogen-bond donors (Lipinski definition) is 3. The van der Waals surface area contributed by atoms with Crippen LogP contribution in [0.15, 0.2) is 4.52 Å². The summed E-state index contributed by atoms with van der Waals surface area (Å²) in [6.45, 7) is 5.89.